The van der Waals surface area contributed by atoms with Crippen LogP contribution in [0.4, 0.5) is 0 Å². The molecule has 5 heteroatoms. The summed E-state index contributed by atoms with van der Waals surface area (Å²) in [4.78, 5) is 0.238. The van der Waals surface area contributed by atoms with Crippen LogP contribution in [0.5, 0.6) is 0 Å². The summed E-state index contributed by atoms with van der Waals surface area (Å²) < 4.78 is 28.8. The van der Waals surface area contributed by atoms with Crippen LogP contribution in [0.3, 0.4) is 0 Å². The summed E-state index contributed by atoms with van der Waals surface area (Å²) in [5, 5.41) is 0. The third-order valence-corrected chi connectivity index (χ3v) is 5.09. The third kappa shape index (κ3) is 12.2. The minimum absolute atomic E-state index is 0. The van der Waals surface area contributed by atoms with E-state index in [4.69, 9.17) is 4.18 Å². The Bertz CT molecular complexity index is 474. The first-order valence-electron chi connectivity index (χ1n) is 8.61. The van der Waals surface area contributed by atoms with Gasteiger partial charge in [0, 0.05) is 68.9 Å². The first-order chi connectivity index (χ1) is 10.7. The molecule has 23 heavy (non-hydrogen) atoms. The second kappa shape index (κ2) is 15.4. The second-order valence-electron chi connectivity index (χ2n) is 5.77. The van der Waals surface area contributed by atoms with Gasteiger partial charge in [-0.1, -0.05) is 82.9 Å². The summed E-state index contributed by atoms with van der Waals surface area (Å²) in [6.45, 7) is 2.52. The largest absolute Gasteiger partial charge is 0.296 e. The van der Waals surface area contributed by atoms with Crippen LogP contribution in [-0.4, -0.2) is 83.9 Å². The van der Waals surface area contributed by atoms with Crippen molar-refractivity contribution in [1.82, 2.24) is 0 Å². The topological polar surface area (TPSA) is 43.4 Å². The number of unbranched alkanes of at least 4 members (excludes halogenated alkanes) is 9. The molecule has 0 aliphatic rings. The smallest absolute Gasteiger partial charge is 0.266 e. The molecule has 1 radical (unpaired) electrons. The Hall–Kier alpha value is 1.18. The summed E-state index contributed by atoms with van der Waals surface area (Å²) in [6.07, 6.45) is 12.3. The molecule has 0 N–H and O–H groups in total. The van der Waals surface area contributed by atoms with E-state index in [-0.39, 0.29) is 80.4 Å². The predicted molar refractivity (Wildman–Crippen MR) is 97.2 cm³/mol. The molecule has 0 fully saturated rings. The molecule has 0 spiro atoms. The van der Waals surface area contributed by atoms with Gasteiger partial charge in [-0.3, -0.25) is 4.18 Å². The van der Waals surface area contributed by atoms with Crippen molar-refractivity contribution < 1.29 is 12.6 Å². The number of benzene rings is 1. The van der Waals surface area contributed by atoms with Crippen molar-refractivity contribution in [2.24, 2.45) is 0 Å². The van der Waals surface area contributed by atoms with E-state index in [1.165, 1.54) is 51.4 Å². The van der Waals surface area contributed by atoms with Gasteiger partial charge in [0.2, 0.25) is 0 Å². The molecule has 0 aromatic heterocycles. The van der Waals surface area contributed by atoms with Gasteiger partial charge in [-0.2, -0.15) is 8.42 Å². The molecule has 0 heterocycles. The van der Waals surface area contributed by atoms with Crippen molar-refractivity contribution in [2.45, 2.75) is 76.0 Å². The van der Waals surface area contributed by atoms with Crippen molar-refractivity contribution in [2.75, 3.05) is 6.61 Å². The van der Waals surface area contributed by atoms with Crippen LogP contribution in [0.2, 0.25) is 0 Å². The van der Waals surface area contributed by atoms with Crippen molar-refractivity contribution in [3.63, 3.8) is 0 Å². The van der Waals surface area contributed by atoms with Gasteiger partial charge in [0.25, 0.3) is 10.1 Å². The van der Waals surface area contributed by atoms with Crippen LogP contribution in [0.1, 0.15) is 71.1 Å². The van der Waals surface area contributed by atoms with Gasteiger partial charge in [-0.15, -0.1) is 0 Å². The maximum absolute atomic E-state index is 11.9. The Morgan fingerprint density at radius 2 is 1.26 bits per heavy atom. The quantitative estimate of drug-likeness (QED) is 0.310. The van der Waals surface area contributed by atoms with Gasteiger partial charge in [0.05, 0.1) is 11.5 Å². The fourth-order valence-electron chi connectivity index (χ4n) is 2.41. The van der Waals surface area contributed by atoms with Crippen molar-refractivity contribution in [3.05, 3.63) is 30.3 Å². The zero-order valence-corrected chi connectivity index (χ0v) is 21.9. The van der Waals surface area contributed by atoms with Gasteiger partial charge in [0.15, 0.2) is 0 Å². The molecule has 0 saturated heterocycles. The van der Waals surface area contributed by atoms with Crippen molar-refractivity contribution in [3.8, 4) is 0 Å². The van der Waals surface area contributed by atoms with Crippen LogP contribution in [-0.2, 0) is 14.3 Å². The molecule has 0 aliphatic carbocycles. The van der Waals surface area contributed by atoms with Gasteiger partial charge < -0.3 is 0 Å². The Kier molecular flexibility index (Phi) is 16.2. The van der Waals surface area contributed by atoms with Gasteiger partial charge >= 0.3 is 0 Å². The summed E-state index contributed by atoms with van der Waals surface area (Å²) in [7, 11) is -3.57. The number of hydrogen-bond acceptors (Lipinski definition) is 3. The van der Waals surface area contributed by atoms with Crippen LogP contribution < -0.4 is 0 Å². The fourth-order valence-corrected chi connectivity index (χ4v) is 3.38. The third-order valence-electron chi connectivity index (χ3n) is 3.77. The molecule has 0 amide bonds. The molecule has 0 bridgehead atoms. The molecular weight excluding hydrogens is 429 g/mol. The number of rotatable bonds is 13. The molecule has 1 aromatic rings. The van der Waals surface area contributed by atoms with Gasteiger partial charge in [0.1, 0.15) is 0 Å². The van der Waals surface area contributed by atoms with E-state index in [9.17, 15) is 8.42 Å². The van der Waals surface area contributed by atoms with Crippen LogP contribution in [0, 0.1) is 0 Å². The van der Waals surface area contributed by atoms with E-state index in [2.05, 4.69) is 6.92 Å². The molecule has 1 aromatic carbocycles. The zero-order valence-electron chi connectivity index (χ0n) is 14.8. The number of hydrogen-bond donors (Lipinski definition) is 0. The normalized spacial score (nSPS) is 11.2. The predicted octanol–water partition coefficient (Wildman–Crippen LogP) is 4.93. The molecule has 0 saturated carbocycles. The average molecular weight is 459 g/mol. The maximum Gasteiger partial charge on any atom is 0.296 e. The SMILES string of the molecule is CCCCCCCCCCCCOS(=O)(=O)c1ccccc1.[Cs]. The molecule has 1 rings (SSSR count). The van der Waals surface area contributed by atoms with Crippen LogP contribution in [0.15, 0.2) is 35.2 Å². The average Bonchev–Trinajstić information content (AvgIpc) is 2.53. The van der Waals surface area contributed by atoms with E-state index in [1.54, 1.807) is 30.3 Å². The molecular formula is C18H30CsO3S. The van der Waals surface area contributed by atoms with Crippen molar-refractivity contribution in [1.29, 1.82) is 0 Å². The standard InChI is InChI=1S/C18H30O3S.Cs/c1-2-3-4-5-6-7-8-9-10-14-17-21-22(19,20)18-15-12-11-13-16-18;/h11-13,15-16H,2-10,14,17H2,1H3;. The van der Waals surface area contributed by atoms with E-state index in [0.29, 0.717) is 0 Å². The zero-order chi connectivity index (χ0) is 16.1. The summed E-state index contributed by atoms with van der Waals surface area (Å²) >= 11 is 0. The van der Waals surface area contributed by atoms with Crippen LogP contribution >= 0.6 is 0 Å². The van der Waals surface area contributed by atoms with E-state index >= 15 is 0 Å². The molecule has 127 valence electrons. The van der Waals surface area contributed by atoms with E-state index < -0.39 is 10.1 Å². The monoisotopic (exact) mass is 459 g/mol. The molecule has 0 atom stereocenters. The minimum atomic E-state index is -3.57. The Morgan fingerprint density at radius 1 is 0.783 bits per heavy atom. The van der Waals surface area contributed by atoms with Crippen LogP contribution in [0.25, 0.3) is 0 Å². The Labute approximate surface area is 201 Å². The summed E-state index contributed by atoms with van der Waals surface area (Å²) in [5.41, 5.74) is 0. The van der Waals surface area contributed by atoms with Crippen molar-refractivity contribution >= 4 is 79.0 Å². The first kappa shape index (κ1) is 24.2. The summed E-state index contributed by atoms with van der Waals surface area (Å²) in [5.74, 6) is 0. The van der Waals surface area contributed by atoms with E-state index in [0.717, 1.165) is 12.8 Å². The fraction of sp³-hybridized carbons (Fsp3) is 0.667. The van der Waals surface area contributed by atoms with E-state index in [1.807, 2.05) is 0 Å². The molecule has 0 unspecified atom stereocenters. The summed E-state index contributed by atoms with van der Waals surface area (Å²) in [6, 6.07) is 8.33. The Morgan fingerprint density at radius 3 is 1.78 bits per heavy atom. The van der Waals surface area contributed by atoms with Gasteiger partial charge in [-0.05, 0) is 18.6 Å². The molecule has 3 nitrogen and oxygen atoms in total. The second-order valence-corrected chi connectivity index (χ2v) is 7.39. The van der Waals surface area contributed by atoms with Gasteiger partial charge in [-0.25, -0.2) is 0 Å². The maximum atomic E-state index is 11.9. The first-order valence-corrected chi connectivity index (χ1v) is 10.0. The Balaban J connectivity index is 0.00000484. The minimum Gasteiger partial charge on any atom is -0.266 e. The molecule has 0 aliphatic heterocycles.